The highest BCUT2D eigenvalue weighted by Gasteiger charge is 2.22. The summed E-state index contributed by atoms with van der Waals surface area (Å²) in [5.41, 5.74) is 0. The van der Waals surface area contributed by atoms with Gasteiger partial charge in [-0.3, -0.25) is 0 Å². The van der Waals surface area contributed by atoms with Gasteiger partial charge in [-0.25, -0.2) is 8.42 Å². The molecule has 1 rings (SSSR count). The van der Waals surface area contributed by atoms with Crippen LogP contribution in [0.15, 0.2) is 12.7 Å². The monoisotopic (exact) mass is 189 g/mol. The van der Waals surface area contributed by atoms with E-state index in [4.69, 9.17) is 0 Å². The quantitative estimate of drug-likeness (QED) is 0.651. The molecule has 0 aliphatic carbocycles. The Balaban J connectivity index is 2.31. The Kier molecular flexibility index (Phi) is 3.29. The molecular weight excluding hydrogens is 174 g/mol. The zero-order chi connectivity index (χ0) is 9.03. The van der Waals surface area contributed by atoms with Crippen molar-refractivity contribution in [1.29, 1.82) is 0 Å². The maximum absolute atomic E-state index is 11.0. The third-order valence-corrected chi connectivity index (χ3v) is 3.82. The maximum atomic E-state index is 11.0. The molecule has 4 heteroatoms. The largest absolute Gasteiger partial charge is 0.310 e. The van der Waals surface area contributed by atoms with E-state index in [1.807, 2.05) is 0 Å². The molecule has 1 heterocycles. The maximum Gasteiger partial charge on any atom is 0.150 e. The molecule has 1 N–H and O–H groups in total. The summed E-state index contributed by atoms with van der Waals surface area (Å²) in [6.07, 6.45) is 3.29. The molecule has 12 heavy (non-hydrogen) atoms. The van der Waals surface area contributed by atoms with E-state index in [1.54, 1.807) is 6.08 Å². The number of hydrogen-bond acceptors (Lipinski definition) is 3. The lowest BCUT2D eigenvalue weighted by molar-refractivity contribution is 0.483. The minimum atomic E-state index is -2.71. The van der Waals surface area contributed by atoms with Gasteiger partial charge >= 0.3 is 0 Å². The molecular formula is C8H15NO2S. The fraction of sp³-hybridized carbons (Fsp3) is 0.750. The molecule has 0 radical (unpaired) electrons. The van der Waals surface area contributed by atoms with E-state index in [-0.39, 0.29) is 0 Å². The highest BCUT2D eigenvalue weighted by molar-refractivity contribution is 7.91. The van der Waals surface area contributed by atoms with Gasteiger partial charge in [-0.05, 0) is 12.8 Å². The molecule has 1 aliphatic heterocycles. The third-order valence-electron chi connectivity index (χ3n) is 2.11. The second kappa shape index (κ2) is 4.05. The van der Waals surface area contributed by atoms with Gasteiger partial charge in [0, 0.05) is 12.6 Å². The average Bonchev–Trinajstić information content (AvgIpc) is 2.03. The van der Waals surface area contributed by atoms with Gasteiger partial charge in [-0.15, -0.1) is 6.58 Å². The van der Waals surface area contributed by atoms with Crippen molar-refractivity contribution in [3.8, 4) is 0 Å². The second-order valence-corrected chi connectivity index (χ2v) is 5.43. The van der Waals surface area contributed by atoms with Crippen LogP contribution in [0.3, 0.4) is 0 Å². The van der Waals surface area contributed by atoms with Crippen LogP contribution in [0.4, 0.5) is 0 Å². The van der Waals surface area contributed by atoms with Crippen LogP contribution in [-0.4, -0.2) is 32.5 Å². The van der Waals surface area contributed by atoms with Crippen LogP contribution < -0.4 is 5.32 Å². The van der Waals surface area contributed by atoms with Gasteiger partial charge in [-0.2, -0.15) is 0 Å². The smallest absolute Gasteiger partial charge is 0.150 e. The lowest BCUT2D eigenvalue weighted by Crippen LogP contribution is -2.37. The van der Waals surface area contributed by atoms with Crippen molar-refractivity contribution in [2.75, 3.05) is 18.1 Å². The number of hydrogen-bond donors (Lipinski definition) is 1. The molecule has 0 aromatic carbocycles. The van der Waals surface area contributed by atoms with E-state index in [0.717, 1.165) is 19.4 Å². The van der Waals surface area contributed by atoms with Crippen LogP contribution in [0, 0.1) is 0 Å². The Hall–Kier alpha value is -0.350. The van der Waals surface area contributed by atoms with E-state index in [2.05, 4.69) is 11.9 Å². The van der Waals surface area contributed by atoms with Gasteiger partial charge < -0.3 is 5.32 Å². The zero-order valence-electron chi connectivity index (χ0n) is 7.12. The summed E-state index contributed by atoms with van der Waals surface area (Å²) in [5.74, 6) is 0.670. The van der Waals surface area contributed by atoms with E-state index >= 15 is 0 Å². The molecule has 1 fully saturated rings. The molecule has 0 spiro atoms. The summed E-state index contributed by atoms with van der Waals surface area (Å²) in [7, 11) is -2.71. The minimum Gasteiger partial charge on any atom is -0.310 e. The zero-order valence-corrected chi connectivity index (χ0v) is 7.94. The Morgan fingerprint density at radius 3 is 2.50 bits per heavy atom. The fourth-order valence-electron chi connectivity index (χ4n) is 1.34. The van der Waals surface area contributed by atoms with Crippen molar-refractivity contribution < 1.29 is 8.42 Å². The van der Waals surface area contributed by atoms with Gasteiger partial charge in [0.15, 0.2) is 0 Å². The fourth-order valence-corrected chi connectivity index (χ4v) is 2.84. The normalized spacial score (nSPS) is 23.7. The van der Waals surface area contributed by atoms with Gasteiger partial charge in [-0.1, -0.05) is 6.08 Å². The predicted molar refractivity (Wildman–Crippen MR) is 49.9 cm³/mol. The van der Waals surface area contributed by atoms with Crippen LogP contribution in [0.2, 0.25) is 0 Å². The van der Waals surface area contributed by atoms with Gasteiger partial charge in [0.1, 0.15) is 9.84 Å². The van der Waals surface area contributed by atoms with Crippen LogP contribution >= 0.6 is 0 Å². The van der Waals surface area contributed by atoms with Crippen LogP contribution in [0.5, 0.6) is 0 Å². The van der Waals surface area contributed by atoms with Crippen LogP contribution in [0.1, 0.15) is 12.8 Å². The molecule has 70 valence electrons. The Labute approximate surface area is 73.8 Å². The van der Waals surface area contributed by atoms with Crippen LogP contribution in [-0.2, 0) is 9.84 Å². The van der Waals surface area contributed by atoms with Crippen molar-refractivity contribution in [3.05, 3.63) is 12.7 Å². The minimum absolute atomic E-state index is 0.335. The van der Waals surface area contributed by atoms with E-state index < -0.39 is 9.84 Å². The van der Waals surface area contributed by atoms with Gasteiger partial charge in [0.25, 0.3) is 0 Å². The van der Waals surface area contributed by atoms with Crippen molar-refractivity contribution in [3.63, 3.8) is 0 Å². The summed E-state index contributed by atoms with van der Waals surface area (Å²) in [6.45, 7) is 4.36. The number of sulfone groups is 1. The molecule has 0 aromatic heterocycles. The molecule has 0 atom stereocenters. The first-order valence-electron chi connectivity index (χ1n) is 4.19. The standard InChI is InChI=1S/C8H15NO2S/c1-2-5-9-8-3-6-12(10,11)7-4-8/h2,8-9H,1,3-7H2. The SMILES string of the molecule is C=CCNC1CCS(=O)(=O)CC1. The van der Waals surface area contributed by atoms with Gasteiger partial charge in [0.2, 0.25) is 0 Å². The van der Waals surface area contributed by atoms with Crippen molar-refractivity contribution in [2.24, 2.45) is 0 Å². The second-order valence-electron chi connectivity index (χ2n) is 3.12. The van der Waals surface area contributed by atoms with Crippen LogP contribution in [0.25, 0.3) is 0 Å². The first kappa shape index (κ1) is 9.74. The topological polar surface area (TPSA) is 46.2 Å². The molecule has 1 saturated heterocycles. The molecule has 0 saturated carbocycles. The van der Waals surface area contributed by atoms with Gasteiger partial charge in [0.05, 0.1) is 11.5 Å². The van der Waals surface area contributed by atoms with Crippen molar-refractivity contribution >= 4 is 9.84 Å². The molecule has 0 bridgehead atoms. The van der Waals surface area contributed by atoms with Crippen molar-refractivity contribution in [1.82, 2.24) is 5.32 Å². The highest BCUT2D eigenvalue weighted by atomic mass is 32.2. The summed E-state index contributed by atoms with van der Waals surface area (Å²) in [6, 6.07) is 0.367. The van der Waals surface area contributed by atoms with E-state index in [9.17, 15) is 8.42 Å². The lowest BCUT2D eigenvalue weighted by atomic mass is 10.1. The third kappa shape index (κ3) is 2.95. The summed E-state index contributed by atoms with van der Waals surface area (Å²) >= 11 is 0. The summed E-state index contributed by atoms with van der Waals surface area (Å²) < 4.78 is 22.0. The first-order valence-corrected chi connectivity index (χ1v) is 6.01. The average molecular weight is 189 g/mol. The summed E-state index contributed by atoms with van der Waals surface area (Å²) in [4.78, 5) is 0. The molecule has 0 unspecified atom stereocenters. The van der Waals surface area contributed by atoms with E-state index in [1.165, 1.54) is 0 Å². The number of rotatable bonds is 3. The Morgan fingerprint density at radius 1 is 1.42 bits per heavy atom. The van der Waals surface area contributed by atoms with Crippen molar-refractivity contribution in [2.45, 2.75) is 18.9 Å². The molecule has 0 amide bonds. The Bertz CT molecular complexity index is 232. The first-order chi connectivity index (χ1) is 5.64. The number of nitrogens with one attached hydrogen (secondary N) is 1. The molecule has 3 nitrogen and oxygen atoms in total. The predicted octanol–water partition coefficient (Wildman–Crippen LogP) is 0.339. The summed E-state index contributed by atoms with van der Waals surface area (Å²) in [5, 5.41) is 3.23. The highest BCUT2D eigenvalue weighted by Crippen LogP contribution is 2.11. The lowest BCUT2D eigenvalue weighted by Gasteiger charge is -2.22. The Morgan fingerprint density at radius 2 is 2.00 bits per heavy atom. The molecule has 0 aromatic rings. The van der Waals surface area contributed by atoms with E-state index in [0.29, 0.717) is 17.5 Å². The molecule has 1 aliphatic rings.